The van der Waals surface area contributed by atoms with E-state index in [1.165, 1.54) is 12.1 Å². The van der Waals surface area contributed by atoms with E-state index in [4.69, 9.17) is 0 Å². The Morgan fingerprint density at radius 3 is 2.70 bits per heavy atom. The number of hydrogen-bond donors (Lipinski definition) is 1. The average Bonchev–Trinajstić information content (AvgIpc) is 3.08. The van der Waals surface area contributed by atoms with E-state index in [1.54, 1.807) is 0 Å². The van der Waals surface area contributed by atoms with Gasteiger partial charge in [-0.25, -0.2) is 4.39 Å². The van der Waals surface area contributed by atoms with E-state index >= 15 is 0 Å². The van der Waals surface area contributed by atoms with Crippen molar-refractivity contribution in [3.63, 3.8) is 0 Å². The third-order valence-corrected chi connectivity index (χ3v) is 3.62. The zero-order chi connectivity index (χ0) is 13.2. The minimum absolute atomic E-state index is 0. The summed E-state index contributed by atoms with van der Waals surface area (Å²) in [5, 5.41) is 7.46. The molecular weight excluding hydrogens is 279 g/mol. The molecule has 2 aromatic rings. The van der Waals surface area contributed by atoms with Gasteiger partial charge in [0.25, 0.3) is 0 Å². The number of nitrogens with one attached hydrogen (secondary N) is 1. The van der Waals surface area contributed by atoms with E-state index in [-0.39, 0.29) is 18.2 Å². The van der Waals surface area contributed by atoms with Gasteiger partial charge in [0.1, 0.15) is 5.82 Å². The van der Waals surface area contributed by atoms with Gasteiger partial charge in [-0.05, 0) is 30.7 Å². The van der Waals surface area contributed by atoms with Gasteiger partial charge in [-0.3, -0.25) is 4.68 Å². The number of anilines is 2. The predicted molar refractivity (Wildman–Crippen MR) is 81.3 cm³/mol. The van der Waals surface area contributed by atoms with Gasteiger partial charge in [-0.1, -0.05) is 0 Å². The van der Waals surface area contributed by atoms with Crippen molar-refractivity contribution in [1.29, 1.82) is 0 Å². The fraction of sp³-hybridized carbons (Fsp3) is 0.357. The van der Waals surface area contributed by atoms with Crippen LogP contribution in [0.5, 0.6) is 0 Å². The standard InChI is InChI=1S/C14H17FN4.ClH/c1-16-12-8-17-19(9-12)14-6-7-18(10-14)13-4-2-11(15)3-5-13;/h2-5,8-9,14,16H,6-7,10H2,1H3;1H/t14-;/m1./s1. The summed E-state index contributed by atoms with van der Waals surface area (Å²) in [6.45, 7) is 1.89. The molecule has 1 atom stereocenters. The van der Waals surface area contributed by atoms with Gasteiger partial charge in [0, 0.05) is 32.0 Å². The van der Waals surface area contributed by atoms with Crippen molar-refractivity contribution in [1.82, 2.24) is 9.78 Å². The fourth-order valence-electron chi connectivity index (χ4n) is 2.51. The van der Waals surface area contributed by atoms with Crippen LogP contribution in [-0.4, -0.2) is 29.9 Å². The highest BCUT2D eigenvalue weighted by Crippen LogP contribution is 2.27. The van der Waals surface area contributed by atoms with E-state index in [0.29, 0.717) is 6.04 Å². The van der Waals surface area contributed by atoms with Crippen molar-refractivity contribution in [2.45, 2.75) is 12.5 Å². The summed E-state index contributed by atoms with van der Waals surface area (Å²) in [5.41, 5.74) is 2.10. The zero-order valence-electron chi connectivity index (χ0n) is 11.3. The molecule has 20 heavy (non-hydrogen) atoms. The van der Waals surface area contributed by atoms with E-state index in [9.17, 15) is 4.39 Å². The lowest BCUT2D eigenvalue weighted by Crippen LogP contribution is -2.20. The van der Waals surface area contributed by atoms with E-state index < -0.39 is 0 Å². The van der Waals surface area contributed by atoms with Gasteiger partial charge in [0.15, 0.2) is 0 Å². The molecule has 0 amide bonds. The molecule has 0 radical (unpaired) electrons. The molecule has 108 valence electrons. The number of halogens is 2. The second-order valence-corrected chi connectivity index (χ2v) is 4.82. The highest BCUT2D eigenvalue weighted by atomic mass is 35.5. The van der Waals surface area contributed by atoms with Gasteiger partial charge in [0.05, 0.1) is 17.9 Å². The Bertz CT molecular complexity index is 555. The van der Waals surface area contributed by atoms with Crippen molar-refractivity contribution >= 4 is 23.8 Å². The zero-order valence-corrected chi connectivity index (χ0v) is 12.1. The predicted octanol–water partition coefficient (Wildman–Crippen LogP) is 2.94. The summed E-state index contributed by atoms with van der Waals surface area (Å²) < 4.78 is 14.9. The summed E-state index contributed by atoms with van der Waals surface area (Å²) >= 11 is 0. The molecule has 0 bridgehead atoms. The molecule has 1 aliphatic heterocycles. The van der Waals surface area contributed by atoms with Crippen molar-refractivity contribution < 1.29 is 4.39 Å². The van der Waals surface area contributed by atoms with Crippen LogP contribution in [0.3, 0.4) is 0 Å². The van der Waals surface area contributed by atoms with Crippen LogP contribution in [0.15, 0.2) is 36.7 Å². The second kappa shape index (κ2) is 6.13. The van der Waals surface area contributed by atoms with Crippen molar-refractivity contribution in [3.05, 3.63) is 42.5 Å². The molecule has 0 aliphatic carbocycles. The molecule has 1 saturated heterocycles. The molecule has 1 aromatic carbocycles. The molecule has 0 spiro atoms. The maximum Gasteiger partial charge on any atom is 0.123 e. The molecule has 2 heterocycles. The normalized spacial score (nSPS) is 17.9. The first-order chi connectivity index (χ1) is 9.26. The summed E-state index contributed by atoms with van der Waals surface area (Å²) in [5.74, 6) is -0.190. The lowest BCUT2D eigenvalue weighted by atomic mass is 10.3. The quantitative estimate of drug-likeness (QED) is 0.945. The Kier molecular flexibility index (Phi) is 4.49. The summed E-state index contributed by atoms with van der Waals surface area (Å²) in [7, 11) is 1.89. The lowest BCUT2D eigenvalue weighted by Gasteiger charge is -2.18. The minimum Gasteiger partial charge on any atom is -0.386 e. The van der Waals surface area contributed by atoms with Crippen molar-refractivity contribution in [3.8, 4) is 0 Å². The van der Waals surface area contributed by atoms with Crippen LogP contribution in [0.25, 0.3) is 0 Å². The van der Waals surface area contributed by atoms with E-state index in [0.717, 1.165) is 30.9 Å². The molecule has 4 nitrogen and oxygen atoms in total. The smallest absolute Gasteiger partial charge is 0.123 e. The Balaban J connectivity index is 0.00000147. The minimum atomic E-state index is -0.190. The first-order valence-electron chi connectivity index (χ1n) is 6.48. The molecular formula is C14H18ClFN4. The van der Waals surface area contributed by atoms with E-state index in [2.05, 4.69) is 15.3 Å². The highest BCUT2D eigenvalue weighted by Gasteiger charge is 2.24. The third kappa shape index (κ3) is 2.88. The van der Waals surface area contributed by atoms with Crippen LogP contribution in [-0.2, 0) is 0 Å². The van der Waals surface area contributed by atoms with Gasteiger partial charge in [-0.2, -0.15) is 5.10 Å². The summed E-state index contributed by atoms with van der Waals surface area (Å²) in [6.07, 6.45) is 4.92. The Morgan fingerprint density at radius 1 is 1.30 bits per heavy atom. The largest absolute Gasteiger partial charge is 0.386 e. The molecule has 0 saturated carbocycles. The summed E-state index contributed by atoms with van der Waals surface area (Å²) in [4.78, 5) is 2.27. The van der Waals surface area contributed by atoms with Crippen LogP contribution in [0, 0.1) is 5.82 Å². The molecule has 0 unspecified atom stereocenters. The maximum atomic E-state index is 12.9. The van der Waals surface area contributed by atoms with Crippen LogP contribution in [0.1, 0.15) is 12.5 Å². The summed E-state index contributed by atoms with van der Waals surface area (Å²) in [6, 6.07) is 7.07. The second-order valence-electron chi connectivity index (χ2n) is 4.82. The van der Waals surface area contributed by atoms with E-state index in [1.807, 2.05) is 36.3 Å². The number of aromatic nitrogens is 2. The first-order valence-corrected chi connectivity index (χ1v) is 6.48. The third-order valence-electron chi connectivity index (χ3n) is 3.62. The van der Waals surface area contributed by atoms with Crippen molar-refractivity contribution in [2.24, 2.45) is 0 Å². The molecule has 6 heteroatoms. The molecule has 1 fully saturated rings. The van der Waals surface area contributed by atoms with Crippen LogP contribution in [0.2, 0.25) is 0 Å². The number of benzene rings is 1. The van der Waals surface area contributed by atoms with Crippen LogP contribution in [0.4, 0.5) is 15.8 Å². The monoisotopic (exact) mass is 296 g/mol. The first kappa shape index (κ1) is 14.7. The Hall–Kier alpha value is -1.75. The van der Waals surface area contributed by atoms with Gasteiger partial charge >= 0.3 is 0 Å². The number of hydrogen-bond acceptors (Lipinski definition) is 3. The SMILES string of the molecule is CNc1cnn([C@@H]2CCN(c3ccc(F)cc3)C2)c1.Cl. The molecule has 1 N–H and O–H groups in total. The molecule has 1 aromatic heterocycles. The van der Waals surface area contributed by atoms with Crippen LogP contribution >= 0.6 is 12.4 Å². The highest BCUT2D eigenvalue weighted by molar-refractivity contribution is 5.85. The maximum absolute atomic E-state index is 12.9. The van der Waals surface area contributed by atoms with Crippen LogP contribution < -0.4 is 10.2 Å². The molecule has 1 aliphatic rings. The van der Waals surface area contributed by atoms with Gasteiger partial charge in [-0.15, -0.1) is 12.4 Å². The topological polar surface area (TPSA) is 33.1 Å². The van der Waals surface area contributed by atoms with Gasteiger partial charge < -0.3 is 10.2 Å². The number of nitrogens with zero attached hydrogens (tertiary/aromatic N) is 3. The fourth-order valence-corrected chi connectivity index (χ4v) is 2.51. The lowest BCUT2D eigenvalue weighted by molar-refractivity contribution is 0.495. The Labute approximate surface area is 124 Å². The Morgan fingerprint density at radius 2 is 2.05 bits per heavy atom. The molecule has 3 rings (SSSR count). The van der Waals surface area contributed by atoms with Gasteiger partial charge in [0.2, 0.25) is 0 Å². The van der Waals surface area contributed by atoms with Crippen molar-refractivity contribution in [2.75, 3.05) is 30.4 Å². The average molecular weight is 297 g/mol. The number of rotatable bonds is 3.